The first-order valence-corrected chi connectivity index (χ1v) is 11.1. The summed E-state index contributed by atoms with van der Waals surface area (Å²) in [6, 6.07) is 5.93. The normalized spacial score (nSPS) is 27.6. The highest BCUT2D eigenvalue weighted by Crippen LogP contribution is 2.45. The van der Waals surface area contributed by atoms with Crippen molar-refractivity contribution < 1.29 is 9.59 Å². The Bertz CT molecular complexity index is 732. The highest BCUT2D eigenvalue weighted by atomic mass is 16.2. The third-order valence-corrected chi connectivity index (χ3v) is 7.28. The second kappa shape index (κ2) is 8.33. The molecule has 1 aliphatic carbocycles. The summed E-state index contributed by atoms with van der Waals surface area (Å²) in [5, 5.41) is 0. The van der Waals surface area contributed by atoms with Gasteiger partial charge in [-0.3, -0.25) is 9.59 Å². The van der Waals surface area contributed by atoms with Gasteiger partial charge in [0.25, 0.3) is 0 Å². The van der Waals surface area contributed by atoms with E-state index in [0.29, 0.717) is 31.3 Å². The maximum Gasteiger partial charge on any atom is 0.230 e. The molecule has 0 spiro atoms. The lowest BCUT2D eigenvalue weighted by molar-refractivity contribution is -0.142. The van der Waals surface area contributed by atoms with E-state index in [4.69, 9.17) is 0 Å². The van der Waals surface area contributed by atoms with Gasteiger partial charge in [-0.1, -0.05) is 18.9 Å². The SMILES string of the molecule is CN(C)C(=O)[C@@]12CCCN(C(=O)CC3CCCC3)C[C@@H]1CN(c1ccccn1)C2. The predicted molar refractivity (Wildman–Crippen MR) is 113 cm³/mol. The largest absolute Gasteiger partial charge is 0.355 e. The molecule has 29 heavy (non-hydrogen) atoms. The molecule has 2 aliphatic heterocycles. The first-order valence-electron chi connectivity index (χ1n) is 11.1. The molecule has 1 aromatic rings. The fourth-order valence-electron chi connectivity index (χ4n) is 5.76. The molecule has 0 radical (unpaired) electrons. The van der Waals surface area contributed by atoms with Crippen molar-refractivity contribution in [2.24, 2.45) is 17.3 Å². The lowest BCUT2D eigenvalue weighted by atomic mass is 9.74. The summed E-state index contributed by atoms with van der Waals surface area (Å²) < 4.78 is 0. The van der Waals surface area contributed by atoms with Gasteiger partial charge in [0.15, 0.2) is 0 Å². The molecule has 1 aromatic heterocycles. The van der Waals surface area contributed by atoms with Gasteiger partial charge < -0.3 is 14.7 Å². The van der Waals surface area contributed by atoms with Crippen molar-refractivity contribution >= 4 is 17.6 Å². The summed E-state index contributed by atoms with van der Waals surface area (Å²) in [4.78, 5) is 37.0. The molecular formula is C23H34N4O2. The fourth-order valence-corrected chi connectivity index (χ4v) is 5.76. The van der Waals surface area contributed by atoms with Crippen LogP contribution in [0.1, 0.15) is 44.9 Å². The van der Waals surface area contributed by atoms with Gasteiger partial charge in [-0.15, -0.1) is 0 Å². The number of pyridine rings is 1. The molecule has 4 rings (SSSR count). The molecule has 3 heterocycles. The van der Waals surface area contributed by atoms with Crippen molar-refractivity contribution in [3.63, 3.8) is 0 Å². The van der Waals surface area contributed by atoms with Crippen molar-refractivity contribution in [3.05, 3.63) is 24.4 Å². The molecule has 0 bridgehead atoms. The van der Waals surface area contributed by atoms with Gasteiger partial charge >= 0.3 is 0 Å². The van der Waals surface area contributed by atoms with Gasteiger partial charge in [0.05, 0.1) is 5.41 Å². The van der Waals surface area contributed by atoms with E-state index >= 15 is 0 Å². The van der Waals surface area contributed by atoms with Crippen molar-refractivity contribution in [2.75, 3.05) is 45.2 Å². The van der Waals surface area contributed by atoms with E-state index in [2.05, 4.69) is 14.8 Å². The van der Waals surface area contributed by atoms with Gasteiger partial charge in [-0.05, 0) is 43.7 Å². The van der Waals surface area contributed by atoms with Crippen molar-refractivity contribution in [1.82, 2.24) is 14.8 Å². The van der Waals surface area contributed by atoms with E-state index < -0.39 is 5.41 Å². The molecule has 0 aromatic carbocycles. The summed E-state index contributed by atoms with van der Waals surface area (Å²) in [6.07, 6.45) is 9.14. The van der Waals surface area contributed by atoms with Crippen LogP contribution in [0.3, 0.4) is 0 Å². The molecule has 6 heteroatoms. The zero-order valence-corrected chi connectivity index (χ0v) is 17.8. The predicted octanol–water partition coefficient (Wildman–Crippen LogP) is 2.80. The number of likely N-dealkylation sites (tertiary alicyclic amines) is 1. The summed E-state index contributed by atoms with van der Waals surface area (Å²) in [7, 11) is 3.71. The third-order valence-electron chi connectivity index (χ3n) is 7.28. The Morgan fingerprint density at radius 1 is 1.17 bits per heavy atom. The van der Waals surface area contributed by atoms with Gasteiger partial charge in [-0.25, -0.2) is 4.98 Å². The zero-order valence-electron chi connectivity index (χ0n) is 17.8. The molecule has 0 N–H and O–H groups in total. The Balaban J connectivity index is 1.55. The van der Waals surface area contributed by atoms with Crippen LogP contribution >= 0.6 is 0 Å². The Hall–Kier alpha value is -2.11. The highest BCUT2D eigenvalue weighted by Gasteiger charge is 2.54. The smallest absolute Gasteiger partial charge is 0.230 e. The van der Waals surface area contributed by atoms with Crippen molar-refractivity contribution in [3.8, 4) is 0 Å². The summed E-state index contributed by atoms with van der Waals surface area (Å²) in [5.41, 5.74) is -0.427. The Morgan fingerprint density at radius 2 is 1.97 bits per heavy atom. The molecule has 2 saturated heterocycles. The van der Waals surface area contributed by atoms with Crippen LogP contribution < -0.4 is 4.90 Å². The van der Waals surface area contributed by atoms with Gasteiger partial charge in [0.2, 0.25) is 11.8 Å². The van der Waals surface area contributed by atoms with Crippen LogP contribution in [0, 0.1) is 17.3 Å². The Morgan fingerprint density at radius 3 is 2.66 bits per heavy atom. The summed E-state index contributed by atoms with van der Waals surface area (Å²) in [5.74, 6) is 2.13. The Labute approximate surface area is 174 Å². The number of anilines is 1. The van der Waals surface area contributed by atoms with E-state index in [1.54, 1.807) is 11.1 Å². The van der Waals surface area contributed by atoms with E-state index in [1.807, 2.05) is 32.3 Å². The molecule has 3 fully saturated rings. The fraction of sp³-hybridized carbons (Fsp3) is 0.696. The van der Waals surface area contributed by atoms with Crippen molar-refractivity contribution in [1.29, 1.82) is 0 Å². The zero-order chi connectivity index (χ0) is 20.4. The van der Waals surface area contributed by atoms with Crippen LogP contribution in [0.25, 0.3) is 0 Å². The standard InChI is InChI=1S/C23H34N4O2/c1-25(2)22(29)23-11-7-13-26(21(28)14-18-8-3-4-9-18)15-19(23)16-27(17-23)20-10-5-6-12-24-20/h5-6,10,12,18-19H,3-4,7-9,11,13-17H2,1-2H3/t19-,23-/m1/s1. The number of aromatic nitrogens is 1. The van der Waals surface area contributed by atoms with Crippen LogP contribution in [0.5, 0.6) is 0 Å². The number of nitrogens with zero attached hydrogens (tertiary/aromatic N) is 4. The lowest BCUT2D eigenvalue weighted by Gasteiger charge is -2.34. The molecule has 6 nitrogen and oxygen atoms in total. The molecular weight excluding hydrogens is 364 g/mol. The molecule has 2 atom stereocenters. The van der Waals surface area contributed by atoms with E-state index in [0.717, 1.165) is 31.7 Å². The quantitative estimate of drug-likeness (QED) is 0.783. The first kappa shape index (κ1) is 20.2. The maximum absolute atomic E-state index is 13.4. The molecule has 1 saturated carbocycles. The second-order valence-electron chi connectivity index (χ2n) is 9.42. The summed E-state index contributed by atoms with van der Waals surface area (Å²) in [6.45, 7) is 2.95. The molecule has 158 valence electrons. The summed E-state index contributed by atoms with van der Waals surface area (Å²) >= 11 is 0. The lowest BCUT2D eigenvalue weighted by Crippen LogP contribution is -2.47. The van der Waals surface area contributed by atoms with Crippen molar-refractivity contribution in [2.45, 2.75) is 44.9 Å². The van der Waals surface area contributed by atoms with Gasteiger partial charge in [0.1, 0.15) is 5.82 Å². The number of rotatable bonds is 4. The van der Waals surface area contributed by atoms with Crippen LogP contribution in [0.2, 0.25) is 0 Å². The van der Waals surface area contributed by atoms with Crippen LogP contribution in [-0.4, -0.2) is 66.9 Å². The topological polar surface area (TPSA) is 56.8 Å². The van der Waals surface area contributed by atoms with Gasteiger partial charge in [0, 0.05) is 58.8 Å². The minimum Gasteiger partial charge on any atom is -0.355 e. The number of fused-ring (bicyclic) bond motifs is 1. The number of carbonyl (C=O) groups excluding carboxylic acids is 2. The van der Waals surface area contributed by atoms with E-state index in [1.165, 1.54) is 25.7 Å². The monoisotopic (exact) mass is 398 g/mol. The highest BCUT2D eigenvalue weighted by molar-refractivity contribution is 5.85. The third kappa shape index (κ3) is 3.99. The number of hydrogen-bond donors (Lipinski definition) is 0. The Kier molecular flexibility index (Phi) is 5.79. The average molecular weight is 399 g/mol. The minimum atomic E-state index is -0.427. The molecule has 3 aliphatic rings. The first-order chi connectivity index (χ1) is 14.0. The van der Waals surface area contributed by atoms with Crippen LogP contribution in [0.15, 0.2) is 24.4 Å². The van der Waals surface area contributed by atoms with E-state index in [-0.39, 0.29) is 11.8 Å². The average Bonchev–Trinajstić information content (AvgIpc) is 3.32. The number of amides is 2. The molecule has 2 amide bonds. The second-order valence-corrected chi connectivity index (χ2v) is 9.42. The number of hydrogen-bond acceptors (Lipinski definition) is 4. The number of carbonyl (C=O) groups is 2. The van der Waals surface area contributed by atoms with Crippen LogP contribution in [0.4, 0.5) is 5.82 Å². The van der Waals surface area contributed by atoms with E-state index in [9.17, 15) is 9.59 Å². The minimum absolute atomic E-state index is 0.148. The van der Waals surface area contributed by atoms with Crippen LogP contribution in [-0.2, 0) is 9.59 Å². The molecule has 0 unspecified atom stereocenters. The van der Waals surface area contributed by atoms with Gasteiger partial charge in [-0.2, -0.15) is 0 Å². The maximum atomic E-state index is 13.4.